The van der Waals surface area contributed by atoms with E-state index in [0.717, 1.165) is 0 Å². The molecule has 0 saturated carbocycles. The molecule has 0 radical (unpaired) electrons. The van der Waals surface area contributed by atoms with Crippen LogP contribution in [-0.2, 0) is 143 Å². The van der Waals surface area contributed by atoms with Gasteiger partial charge in [-0.1, -0.05) is 7.43 Å². The van der Waals surface area contributed by atoms with E-state index in [1.165, 1.54) is 0 Å². The van der Waals surface area contributed by atoms with Gasteiger partial charge in [0, 0.05) is 13.8 Å². The van der Waals surface area contributed by atoms with E-state index in [4.69, 9.17) is 0 Å². The summed E-state index contributed by atoms with van der Waals surface area (Å²) in [5, 5.41) is -42.0. The van der Waals surface area contributed by atoms with Crippen LogP contribution in [0.25, 0.3) is 0 Å². The van der Waals surface area contributed by atoms with Crippen molar-refractivity contribution in [1.82, 2.24) is 0 Å². The van der Waals surface area contributed by atoms with E-state index in [2.05, 4.69) is 33.5 Å². The van der Waals surface area contributed by atoms with Crippen molar-refractivity contribution in [1.29, 1.82) is 0 Å². The number of hydrogen-bond acceptors (Lipinski definition) is 28. The summed E-state index contributed by atoms with van der Waals surface area (Å²) in [5.74, 6) is -9.91. The molecular weight excluding hydrogens is 1570 g/mol. The summed E-state index contributed by atoms with van der Waals surface area (Å²) in [6.45, 7) is -1.13. The first-order valence-corrected chi connectivity index (χ1v) is 36.9. The summed E-state index contributed by atoms with van der Waals surface area (Å²) in [5.41, 5.74) is -5.57. The SMILES string of the molecule is C.C=S1(=O)OS(=O)(=O)C(F)(F)C1(F)F.C=S1(=O)OS(=O)(=O)C(F)C1F.CC(F)(F)CC(F)(F)S(=O)(=O)OS(=O)(=O)C(F)(F)CC(C)(F)F.CC(F)(F)S(=O)(=O)OS(=O)(=O)C(C)(F)F.CC1(F)C(F)(F)C(F)(F)S(=O)(=O)OS1(=O)=O.CS(=O)(=O)OS(C)(=O)=O. The first-order chi connectivity index (χ1) is 36.5. The van der Waals surface area contributed by atoms with Gasteiger partial charge in [0.15, 0.2) is 9.80 Å². The molecule has 3 rings (SSSR count). The predicted molar refractivity (Wildman–Crippen MR) is 246 cm³/mol. The minimum Gasteiger partial charge on any atom is -0.237 e. The molecule has 5 atom stereocenters. The third kappa shape index (κ3) is 22.2. The van der Waals surface area contributed by atoms with Gasteiger partial charge in [0.2, 0.25) is 5.50 Å². The van der Waals surface area contributed by atoms with Gasteiger partial charge >= 0.3 is 129 Å². The lowest BCUT2D eigenvalue weighted by molar-refractivity contribution is -0.212. The van der Waals surface area contributed by atoms with Gasteiger partial charge in [-0.05, 0) is 32.5 Å². The maximum Gasteiger partial charge on any atom is 0.447 e. The molecule has 0 aliphatic carbocycles. The maximum absolute atomic E-state index is 13.1. The lowest BCUT2D eigenvalue weighted by atomic mass is 10.2. The summed E-state index contributed by atoms with van der Waals surface area (Å²) in [4.78, 5) is 0. The van der Waals surface area contributed by atoms with E-state index in [1.54, 1.807) is 0 Å². The number of halogens is 23. The molecule has 0 spiro atoms. The van der Waals surface area contributed by atoms with Crippen LogP contribution in [0.3, 0.4) is 0 Å². The van der Waals surface area contributed by atoms with Gasteiger partial charge in [0.05, 0.1) is 25.4 Å². The second-order valence-corrected chi connectivity index (χ2v) is 37.7. The van der Waals surface area contributed by atoms with Crippen LogP contribution >= 0.6 is 0 Å². The molecule has 88 heavy (non-hydrogen) atoms. The average molecular weight is 1610 g/mol. The van der Waals surface area contributed by atoms with Crippen LogP contribution in [0.4, 0.5) is 101 Å². The molecule has 3 saturated heterocycles. The Morgan fingerprint density at radius 1 is 0.432 bits per heavy atom. The van der Waals surface area contributed by atoms with Crippen molar-refractivity contribution >= 4 is 133 Å². The van der Waals surface area contributed by atoms with E-state index in [9.17, 15) is 194 Å². The quantitative estimate of drug-likeness (QED) is 0.177. The molecule has 0 aromatic carbocycles. The normalized spacial score (nSPS) is 27.3. The summed E-state index contributed by atoms with van der Waals surface area (Å²) in [6, 6.07) is 0. The van der Waals surface area contributed by atoms with Crippen molar-refractivity contribution < 1.29 is 215 Å². The summed E-state index contributed by atoms with van der Waals surface area (Å²) in [7, 11) is -65.3. The lowest BCUT2D eigenvalue weighted by Crippen LogP contribution is -2.66. The Balaban J connectivity index is -0.000000491. The highest BCUT2D eigenvalue weighted by Gasteiger charge is 2.84. The van der Waals surface area contributed by atoms with E-state index < -0.39 is 211 Å². The van der Waals surface area contributed by atoms with Crippen molar-refractivity contribution in [3.05, 3.63) is 0 Å². The molecule has 28 nitrogen and oxygen atoms in total. The molecule has 3 aliphatic heterocycles. The fourth-order valence-electron chi connectivity index (χ4n) is 3.46. The van der Waals surface area contributed by atoms with Crippen molar-refractivity contribution in [2.24, 2.45) is 0 Å². The highest BCUT2D eigenvalue weighted by molar-refractivity contribution is 8.09. The molecule has 0 amide bonds. The number of hydrogen-bond donors (Lipinski definition) is 0. The van der Waals surface area contributed by atoms with Gasteiger partial charge in [-0.2, -0.15) is 162 Å². The smallest absolute Gasteiger partial charge is 0.237 e. The van der Waals surface area contributed by atoms with Crippen LogP contribution in [0.1, 0.15) is 54.9 Å². The Bertz CT molecular complexity index is 3710. The highest BCUT2D eigenvalue weighted by atomic mass is 32.3. The van der Waals surface area contributed by atoms with Crippen molar-refractivity contribution in [2.45, 2.75) is 125 Å². The van der Waals surface area contributed by atoms with Crippen LogP contribution in [-0.4, -0.2) is 187 Å². The van der Waals surface area contributed by atoms with Gasteiger partial charge in [-0.3, -0.25) is 0 Å². The third-order valence-corrected chi connectivity index (χ3v) is 26.5. The van der Waals surface area contributed by atoms with E-state index in [1.807, 2.05) is 0 Å². The average Bonchev–Trinajstić information content (AvgIpc) is 3.34. The highest BCUT2D eigenvalue weighted by Crippen LogP contribution is 2.55. The Kier molecular flexibility index (Phi) is 27.7. The van der Waals surface area contributed by atoms with Gasteiger partial charge < -0.3 is 0 Å². The van der Waals surface area contributed by atoms with Crippen LogP contribution in [0.2, 0.25) is 0 Å². The zero-order chi connectivity index (χ0) is 72.3. The number of rotatable bonds is 14. The van der Waals surface area contributed by atoms with Crippen LogP contribution in [0.5, 0.6) is 0 Å². The van der Waals surface area contributed by atoms with Crippen LogP contribution < -0.4 is 0 Å². The molecule has 3 fully saturated rings. The minimum atomic E-state index is -6.82. The minimum absolute atomic E-state index is 0. The predicted octanol–water partition coefficient (Wildman–Crippen LogP) is 3.71. The first kappa shape index (κ1) is 92.1. The molecule has 536 valence electrons. The molecule has 3 aliphatic rings. The van der Waals surface area contributed by atoms with E-state index in [0.29, 0.717) is 12.5 Å². The Morgan fingerprint density at radius 3 is 0.864 bits per heavy atom. The van der Waals surface area contributed by atoms with Gasteiger partial charge in [0.25, 0.3) is 37.6 Å². The molecule has 5 unspecified atom stereocenters. The molecule has 0 bridgehead atoms. The second-order valence-electron chi connectivity index (χ2n) is 15.9. The second kappa shape index (κ2) is 26.5. The molecule has 63 heteroatoms. The van der Waals surface area contributed by atoms with Crippen molar-refractivity contribution in [3.8, 4) is 0 Å². The summed E-state index contributed by atoms with van der Waals surface area (Å²) in [6.07, 6.45) is -4.22. The van der Waals surface area contributed by atoms with E-state index in [-0.39, 0.29) is 35.1 Å². The maximum atomic E-state index is 13.1. The van der Waals surface area contributed by atoms with Crippen molar-refractivity contribution in [3.63, 3.8) is 0 Å². The fraction of sp³-hybridized carbons (Fsp3) is 0.920. The van der Waals surface area contributed by atoms with Gasteiger partial charge in [-0.15, -0.1) is 14.5 Å². The topological polar surface area (TPSA) is 431 Å². The van der Waals surface area contributed by atoms with E-state index >= 15 is 0 Å². The molecule has 3 heterocycles. The zero-order valence-corrected chi connectivity index (χ0v) is 51.3. The Morgan fingerprint density at radius 2 is 0.705 bits per heavy atom. The molecule has 0 aromatic rings. The standard InChI is InChI=1S/C8H10F8O5S2.C4H3F5O5S2.C4H6F4O5S2.C3H2F4O4S2.C3H4F2O4S2.C2H6O5S2.CH4/c1-5(9,10)3-7(13,14)22(17,18)21-23(19,20)8(15,16)4-6(2,11)12;1-2(5)3(6,7)4(8,9)16(12,13)14-15(2,10)11;1-3(5,6)14(9,10)13-15(11,12)4(2,7)8;1-12(8)2(4,5)3(6,7)13(9,10)11-12;1-10(6)2(4)3(5)11(7,8)9-10;1-8(3,4)7-9(2,5)6;/h3-4H2,1-2H3;1H3;1-2H3;1H2;2-3H,1H2;1-2H3;1H4. The lowest BCUT2D eigenvalue weighted by Gasteiger charge is -2.37. The largest absolute Gasteiger partial charge is 0.447 e. The monoisotopic (exact) mass is 1600 g/mol. The van der Waals surface area contributed by atoms with Gasteiger partial charge in [-0.25, -0.2) is 39.2 Å². The fourth-order valence-corrected chi connectivity index (χ4v) is 19.1. The van der Waals surface area contributed by atoms with Crippen LogP contribution in [0.15, 0.2) is 0 Å². The third-order valence-electron chi connectivity index (χ3n) is 7.41. The Labute approximate surface area is 483 Å². The molecule has 0 aromatic heterocycles. The van der Waals surface area contributed by atoms with Gasteiger partial charge in [0.1, 0.15) is 9.80 Å². The zero-order valence-electron chi connectivity index (χ0n) is 41.5. The van der Waals surface area contributed by atoms with Crippen LogP contribution in [0, 0.1) is 0 Å². The summed E-state index contributed by atoms with van der Waals surface area (Å²) < 4.78 is 537. The Hall–Kier alpha value is -2.31. The molecular formula is C25H35F23O28S12. The first-order valence-electron chi connectivity index (χ1n) is 18.6. The summed E-state index contributed by atoms with van der Waals surface area (Å²) >= 11 is 0. The number of alkyl halides is 23. The molecule has 0 N–H and O–H groups in total. The van der Waals surface area contributed by atoms with Crippen molar-refractivity contribution in [2.75, 3.05) is 12.5 Å².